The Morgan fingerprint density at radius 1 is 1.21 bits per heavy atom. The predicted octanol–water partition coefficient (Wildman–Crippen LogP) is 3.84. The maximum absolute atomic E-state index is 12.8. The van der Waals surface area contributed by atoms with Crippen LogP contribution in [0.2, 0.25) is 0 Å². The lowest BCUT2D eigenvalue weighted by atomic mass is 9.84. The first-order valence-electron chi connectivity index (χ1n) is 9.66. The van der Waals surface area contributed by atoms with Crippen molar-refractivity contribution in [2.75, 3.05) is 6.54 Å². The highest BCUT2D eigenvalue weighted by atomic mass is 16.2. The van der Waals surface area contributed by atoms with Gasteiger partial charge < -0.3 is 5.32 Å². The number of fused-ring (bicyclic) bond motifs is 2. The lowest BCUT2D eigenvalue weighted by molar-refractivity contribution is -0.127. The van der Waals surface area contributed by atoms with Crippen molar-refractivity contribution in [1.29, 1.82) is 0 Å². The molecule has 3 nitrogen and oxygen atoms in total. The van der Waals surface area contributed by atoms with Crippen LogP contribution < -0.4 is 5.32 Å². The molecule has 0 aliphatic heterocycles. The number of hydrogen-bond acceptors (Lipinski definition) is 2. The molecule has 2 aliphatic carbocycles. The molecule has 5 unspecified atom stereocenters. The molecular formula is C21H32N2O. The van der Waals surface area contributed by atoms with E-state index >= 15 is 0 Å². The molecule has 1 amide bonds. The summed E-state index contributed by atoms with van der Waals surface area (Å²) in [6, 6.07) is 10.6. The fraction of sp³-hybridized carbons (Fsp3) is 0.667. The van der Waals surface area contributed by atoms with Gasteiger partial charge in [-0.1, -0.05) is 43.7 Å². The predicted molar refractivity (Wildman–Crippen MR) is 98.5 cm³/mol. The molecule has 3 heteroatoms. The fourth-order valence-electron chi connectivity index (χ4n) is 4.86. The van der Waals surface area contributed by atoms with E-state index in [0.29, 0.717) is 12.0 Å². The number of amides is 1. The Morgan fingerprint density at radius 3 is 2.54 bits per heavy atom. The van der Waals surface area contributed by atoms with Gasteiger partial charge in [0.25, 0.3) is 0 Å². The summed E-state index contributed by atoms with van der Waals surface area (Å²) in [5.41, 5.74) is 1.26. The standard InChI is InChI=1S/C21H32N2O/c1-4-23(14-17-8-6-5-7-9-17)16(3)21(24)22-15(2)20-13-18-10-11-19(20)12-18/h5-9,15-16,18-20H,4,10-14H2,1-3H3,(H,22,24). The minimum Gasteiger partial charge on any atom is -0.352 e. The molecule has 0 radical (unpaired) electrons. The summed E-state index contributed by atoms with van der Waals surface area (Å²) in [5, 5.41) is 3.33. The Morgan fingerprint density at radius 2 is 1.96 bits per heavy atom. The molecular weight excluding hydrogens is 296 g/mol. The number of benzene rings is 1. The molecule has 3 rings (SSSR count). The molecule has 2 saturated carbocycles. The van der Waals surface area contributed by atoms with Crippen molar-refractivity contribution in [3.63, 3.8) is 0 Å². The first kappa shape index (κ1) is 17.5. The van der Waals surface area contributed by atoms with Gasteiger partial charge in [-0.2, -0.15) is 0 Å². The molecule has 0 saturated heterocycles. The maximum atomic E-state index is 12.8. The van der Waals surface area contributed by atoms with Crippen LogP contribution in [0.5, 0.6) is 0 Å². The molecule has 0 aromatic heterocycles. The highest BCUT2D eigenvalue weighted by Gasteiger charge is 2.42. The Hall–Kier alpha value is -1.35. The summed E-state index contributed by atoms with van der Waals surface area (Å²) in [6.07, 6.45) is 5.51. The van der Waals surface area contributed by atoms with Gasteiger partial charge in [0.2, 0.25) is 5.91 Å². The summed E-state index contributed by atoms with van der Waals surface area (Å²) < 4.78 is 0. The molecule has 24 heavy (non-hydrogen) atoms. The average Bonchev–Trinajstić information content (AvgIpc) is 3.23. The van der Waals surface area contributed by atoms with Gasteiger partial charge >= 0.3 is 0 Å². The van der Waals surface area contributed by atoms with Crippen LogP contribution in [0.25, 0.3) is 0 Å². The number of nitrogens with zero attached hydrogens (tertiary/aromatic N) is 1. The van der Waals surface area contributed by atoms with Crippen LogP contribution in [0, 0.1) is 17.8 Å². The highest BCUT2D eigenvalue weighted by Crippen LogP contribution is 2.49. The lowest BCUT2D eigenvalue weighted by Crippen LogP contribution is -2.49. The summed E-state index contributed by atoms with van der Waals surface area (Å²) >= 11 is 0. The van der Waals surface area contributed by atoms with Gasteiger partial charge in [-0.25, -0.2) is 0 Å². The van der Waals surface area contributed by atoms with Crippen LogP contribution in [-0.4, -0.2) is 29.4 Å². The van der Waals surface area contributed by atoms with E-state index in [0.717, 1.165) is 24.9 Å². The zero-order valence-electron chi connectivity index (χ0n) is 15.4. The Bertz CT molecular complexity index is 544. The molecule has 0 spiro atoms. The summed E-state index contributed by atoms with van der Waals surface area (Å²) in [7, 11) is 0. The van der Waals surface area contributed by atoms with E-state index < -0.39 is 0 Å². The molecule has 0 heterocycles. The van der Waals surface area contributed by atoms with E-state index in [2.05, 4.69) is 48.3 Å². The average molecular weight is 329 g/mol. The monoisotopic (exact) mass is 328 g/mol. The molecule has 1 N–H and O–H groups in total. The van der Waals surface area contributed by atoms with Crippen LogP contribution in [0.1, 0.15) is 52.0 Å². The molecule has 132 valence electrons. The molecule has 1 aromatic rings. The van der Waals surface area contributed by atoms with Gasteiger partial charge in [0, 0.05) is 12.6 Å². The van der Waals surface area contributed by atoms with Gasteiger partial charge in [0.1, 0.15) is 0 Å². The number of nitrogens with one attached hydrogen (secondary N) is 1. The van der Waals surface area contributed by atoms with E-state index in [1.807, 2.05) is 13.0 Å². The van der Waals surface area contributed by atoms with Gasteiger partial charge in [0.05, 0.1) is 6.04 Å². The Labute approximate surface area is 146 Å². The fourth-order valence-corrected chi connectivity index (χ4v) is 4.86. The Kier molecular flexibility index (Phi) is 5.60. The van der Waals surface area contributed by atoms with Gasteiger partial charge in [0.15, 0.2) is 0 Å². The third-order valence-corrected chi connectivity index (χ3v) is 6.37. The topological polar surface area (TPSA) is 32.3 Å². The van der Waals surface area contributed by atoms with Crippen molar-refractivity contribution in [1.82, 2.24) is 10.2 Å². The lowest BCUT2D eigenvalue weighted by Gasteiger charge is -2.32. The quantitative estimate of drug-likeness (QED) is 0.825. The highest BCUT2D eigenvalue weighted by molar-refractivity contribution is 5.81. The van der Waals surface area contributed by atoms with E-state index in [4.69, 9.17) is 0 Å². The maximum Gasteiger partial charge on any atom is 0.237 e. The van der Waals surface area contributed by atoms with E-state index in [9.17, 15) is 4.79 Å². The number of likely N-dealkylation sites (N-methyl/N-ethyl adjacent to an activating group) is 1. The molecule has 5 atom stereocenters. The van der Waals surface area contributed by atoms with Crippen LogP contribution in [0.4, 0.5) is 0 Å². The zero-order valence-corrected chi connectivity index (χ0v) is 15.4. The minimum atomic E-state index is -0.0868. The van der Waals surface area contributed by atoms with Crippen LogP contribution >= 0.6 is 0 Å². The first-order valence-corrected chi connectivity index (χ1v) is 9.66. The normalized spacial score (nSPS) is 28.1. The summed E-state index contributed by atoms with van der Waals surface area (Å²) in [4.78, 5) is 15.0. The van der Waals surface area contributed by atoms with Crippen LogP contribution in [-0.2, 0) is 11.3 Å². The second-order valence-corrected chi connectivity index (χ2v) is 7.86. The van der Waals surface area contributed by atoms with Gasteiger partial charge in [-0.15, -0.1) is 0 Å². The minimum absolute atomic E-state index is 0.0868. The van der Waals surface area contributed by atoms with Gasteiger partial charge in [-0.05, 0) is 63.0 Å². The van der Waals surface area contributed by atoms with E-state index in [1.54, 1.807) is 0 Å². The largest absolute Gasteiger partial charge is 0.352 e. The van der Waals surface area contributed by atoms with Crippen molar-refractivity contribution in [2.45, 2.75) is 65.1 Å². The number of hydrogen-bond donors (Lipinski definition) is 1. The van der Waals surface area contributed by atoms with Crippen molar-refractivity contribution in [3.05, 3.63) is 35.9 Å². The third kappa shape index (κ3) is 3.83. The smallest absolute Gasteiger partial charge is 0.237 e. The van der Waals surface area contributed by atoms with Crippen molar-refractivity contribution in [3.8, 4) is 0 Å². The Balaban J connectivity index is 1.54. The molecule has 2 fully saturated rings. The van der Waals surface area contributed by atoms with Crippen molar-refractivity contribution in [2.24, 2.45) is 17.8 Å². The molecule has 2 bridgehead atoms. The number of carbonyl (C=O) groups excluding carboxylic acids is 1. The second kappa shape index (κ2) is 7.69. The van der Waals surface area contributed by atoms with Gasteiger partial charge in [-0.3, -0.25) is 9.69 Å². The first-order chi connectivity index (χ1) is 11.6. The van der Waals surface area contributed by atoms with Crippen LogP contribution in [0.15, 0.2) is 30.3 Å². The molecule has 2 aliphatic rings. The van der Waals surface area contributed by atoms with E-state index in [1.165, 1.54) is 31.2 Å². The van der Waals surface area contributed by atoms with Crippen LogP contribution in [0.3, 0.4) is 0 Å². The zero-order chi connectivity index (χ0) is 17.1. The number of carbonyl (C=O) groups is 1. The third-order valence-electron chi connectivity index (χ3n) is 6.37. The molecule has 1 aromatic carbocycles. The van der Waals surface area contributed by atoms with Crippen molar-refractivity contribution < 1.29 is 4.79 Å². The number of rotatable bonds is 7. The summed E-state index contributed by atoms with van der Waals surface area (Å²) in [5.74, 6) is 2.67. The van der Waals surface area contributed by atoms with E-state index in [-0.39, 0.29) is 11.9 Å². The second-order valence-electron chi connectivity index (χ2n) is 7.86. The SMILES string of the molecule is CCN(Cc1ccccc1)C(C)C(=O)NC(C)C1CC2CCC1C2. The summed E-state index contributed by atoms with van der Waals surface area (Å²) in [6.45, 7) is 8.09. The van der Waals surface area contributed by atoms with Crippen molar-refractivity contribution >= 4 is 5.91 Å².